The Kier molecular flexibility index (Phi) is 5.70. The number of aromatic amines is 1. The van der Waals surface area contributed by atoms with Crippen LogP contribution in [0, 0.1) is 6.92 Å². The number of aryl methyl sites for hydroxylation is 2. The Morgan fingerprint density at radius 2 is 2.05 bits per heavy atom. The van der Waals surface area contributed by atoms with Gasteiger partial charge in [-0.3, -0.25) is 4.79 Å². The summed E-state index contributed by atoms with van der Waals surface area (Å²) in [6.07, 6.45) is 0.668. The van der Waals surface area contributed by atoms with Crippen molar-refractivity contribution in [1.29, 1.82) is 0 Å². The molecule has 0 amide bonds. The standard InChI is InChI=1S/C7H8N4O.B7/c1-4-9-5-3-8-11(2)7(12)6(5)10-4;1-5-7(4)6(2)3/h3H,1-2H3,(H,9,10);. The van der Waals surface area contributed by atoms with Crippen LogP contribution in [0.5, 0.6) is 0 Å². The van der Waals surface area contributed by atoms with Gasteiger partial charge in [0.15, 0.2) is 5.52 Å². The van der Waals surface area contributed by atoms with Crippen LogP contribution in [-0.2, 0) is 7.05 Å². The van der Waals surface area contributed by atoms with Gasteiger partial charge in [-0.25, -0.2) is 9.67 Å². The molecule has 0 aliphatic rings. The van der Waals surface area contributed by atoms with Crippen molar-refractivity contribution in [1.82, 2.24) is 19.7 Å². The third-order valence-corrected chi connectivity index (χ3v) is 2.37. The Hall–Kier alpha value is -1.20. The maximum absolute atomic E-state index is 11.4. The fourth-order valence-electron chi connectivity index (χ4n) is 1.24. The van der Waals surface area contributed by atoms with E-state index in [2.05, 4.69) is 15.1 Å². The first kappa shape index (κ1) is 15.9. The van der Waals surface area contributed by atoms with Crippen molar-refractivity contribution in [2.24, 2.45) is 7.05 Å². The molecule has 2 rings (SSSR count). The summed E-state index contributed by atoms with van der Waals surface area (Å²) in [5, 5.41) is 3.85. The molecular formula is C7H8B7N4O. The van der Waals surface area contributed by atoms with Crippen molar-refractivity contribution in [3.8, 4) is 0 Å². The van der Waals surface area contributed by atoms with Gasteiger partial charge in [0.25, 0.3) is 5.56 Å². The number of hydrogen-bond donors (Lipinski definition) is 1. The van der Waals surface area contributed by atoms with Gasteiger partial charge in [0.1, 0.15) is 5.82 Å². The third-order valence-electron chi connectivity index (χ3n) is 2.37. The third kappa shape index (κ3) is 4.15. The van der Waals surface area contributed by atoms with Crippen LogP contribution in [0.1, 0.15) is 5.82 Å². The zero-order chi connectivity index (χ0) is 14.6. The van der Waals surface area contributed by atoms with Gasteiger partial charge in [0.05, 0.1) is 11.7 Å². The number of rotatable bonds is 2. The molecule has 12 heteroatoms. The van der Waals surface area contributed by atoms with E-state index in [1.165, 1.54) is 11.7 Å². The SMILES string of the molecule is Cc1nc2c(=O)n(C)ncc2[nH]1.[B][B]B([B])B([B])[B]. The minimum Gasteiger partial charge on any atom is -0.341 e. The Bertz CT molecular complexity index is 597. The molecule has 1 N–H and O–H groups in total. The summed E-state index contributed by atoms with van der Waals surface area (Å²) in [6.45, 7) is 1.80. The lowest BCUT2D eigenvalue weighted by Gasteiger charge is -2.05. The first-order valence-corrected chi connectivity index (χ1v) is 5.57. The van der Waals surface area contributed by atoms with Gasteiger partial charge in [0.2, 0.25) is 0 Å². The van der Waals surface area contributed by atoms with Crippen molar-refractivity contribution in [3.05, 3.63) is 22.4 Å². The summed E-state index contributed by atoms with van der Waals surface area (Å²) in [7, 11) is 23.2. The van der Waals surface area contributed by atoms with E-state index in [1.54, 1.807) is 20.2 Å². The predicted octanol–water partition coefficient (Wildman–Crippen LogP) is -2.70. The van der Waals surface area contributed by atoms with E-state index in [-0.39, 0.29) is 11.9 Å². The quantitative estimate of drug-likeness (QED) is 0.581. The molecule has 0 unspecified atom stereocenters. The van der Waals surface area contributed by atoms with E-state index in [0.29, 0.717) is 11.0 Å². The molecule has 2 aromatic rings. The number of nitrogens with one attached hydrogen (secondary N) is 1. The highest BCUT2D eigenvalue weighted by atomic mass is 16.1. The number of nitrogens with zero attached hydrogens (tertiary/aromatic N) is 3. The molecule has 5 nitrogen and oxygen atoms in total. The molecule has 0 bridgehead atoms. The van der Waals surface area contributed by atoms with Gasteiger partial charge in [-0.05, 0) is 6.92 Å². The first-order valence-electron chi connectivity index (χ1n) is 5.57. The van der Waals surface area contributed by atoms with E-state index >= 15 is 0 Å². The van der Waals surface area contributed by atoms with E-state index < -0.39 is 6.39 Å². The van der Waals surface area contributed by atoms with E-state index in [4.69, 9.17) is 30.9 Å². The summed E-state index contributed by atoms with van der Waals surface area (Å²) in [4.78, 5) is 18.3. The van der Waals surface area contributed by atoms with Gasteiger partial charge in [-0.1, -0.05) is 0 Å². The molecule has 0 aromatic carbocycles. The van der Waals surface area contributed by atoms with E-state index in [1.807, 2.05) is 0 Å². The van der Waals surface area contributed by atoms with Crippen molar-refractivity contribution < 1.29 is 0 Å². The highest BCUT2D eigenvalue weighted by molar-refractivity contribution is 7.81. The topological polar surface area (TPSA) is 63.6 Å². The Morgan fingerprint density at radius 3 is 2.53 bits per heavy atom. The van der Waals surface area contributed by atoms with Crippen molar-refractivity contribution in [2.75, 3.05) is 0 Å². The molecule has 0 spiro atoms. The second kappa shape index (κ2) is 6.82. The lowest BCUT2D eigenvalue weighted by molar-refractivity contribution is 0.716. The molecule has 0 atom stereocenters. The summed E-state index contributed by atoms with van der Waals surface area (Å²) in [6, 6.07) is 0. The van der Waals surface area contributed by atoms with Crippen LogP contribution < -0.4 is 5.56 Å². The molecule has 83 valence electrons. The summed E-state index contributed by atoms with van der Waals surface area (Å²) in [5.41, 5.74) is 0.970. The largest absolute Gasteiger partial charge is 0.341 e. The first-order chi connectivity index (χ1) is 8.86. The smallest absolute Gasteiger partial charge is 0.294 e. The average Bonchev–Trinajstić information content (AvgIpc) is 2.75. The second-order valence-electron chi connectivity index (χ2n) is 4.00. The maximum Gasteiger partial charge on any atom is 0.294 e. The molecule has 0 aliphatic carbocycles. The highest BCUT2D eigenvalue weighted by Crippen LogP contribution is 2.02. The minimum atomic E-state index is -0.537. The van der Waals surface area contributed by atoms with Crippen LogP contribution in [0.4, 0.5) is 0 Å². The van der Waals surface area contributed by atoms with Gasteiger partial charge in [-0.2, -0.15) is 5.10 Å². The Morgan fingerprint density at radius 1 is 1.42 bits per heavy atom. The van der Waals surface area contributed by atoms with Crippen LogP contribution >= 0.6 is 0 Å². The molecule has 0 saturated carbocycles. The molecule has 2 heterocycles. The zero-order valence-corrected chi connectivity index (χ0v) is 10.9. The molecule has 2 aromatic heterocycles. The van der Waals surface area contributed by atoms with Crippen LogP contribution in [0.25, 0.3) is 11.0 Å². The maximum atomic E-state index is 11.4. The van der Waals surface area contributed by atoms with Crippen LogP contribution in [-0.4, -0.2) is 70.5 Å². The summed E-state index contributed by atoms with van der Waals surface area (Å²) in [5.74, 6) is 0.732. The van der Waals surface area contributed by atoms with E-state index in [0.717, 1.165) is 5.82 Å². The van der Waals surface area contributed by atoms with Crippen LogP contribution in [0.3, 0.4) is 0 Å². The van der Waals surface area contributed by atoms with Gasteiger partial charge in [0, 0.05) is 57.8 Å². The number of H-pyrrole nitrogens is 1. The van der Waals surface area contributed by atoms with E-state index in [9.17, 15) is 4.79 Å². The fourth-order valence-corrected chi connectivity index (χ4v) is 1.24. The average molecular weight is 240 g/mol. The predicted molar refractivity (Wildman–Crippen MR) is 84.1 cm³/mol. The Labute approximate surface area is 118 Å². The molecular weight excluding hydrogens is 232 g/mol. The van der Waals surface area contributed by atoms with Gasteiger partial charge in [-0.15, -0.1) is 0 Å². The number of aromatic nitrogens is 4. The normalized spacial score (nSPS) is 9.58. The highest BCUT2D eigenvalue weighted by Gasteiger charge is 2.06. The Balaban J connectivity index is 0.000000224. The molecule has 19 heavy (non-hydrogen) atoms. The molecule has 0 saturated heterocycles. The summed E-state index contributed by atoms with van der Waals surface area (Å²) >= 11 is 0. The van der Waals surface area contributed by atoms with Crippen molar-refractivity contribution >= 4 is 61.8 Å². The molecule has 0 fully saturated rings. The number of imidazole rings is 1. The molecule has 0 aliphatic heterocycles. The lowest BCUT2D eigenvalue weighted by Crippen LogP contribution is -2.43. The zero-order valence-electron chi connectivity index (χ0n) is 10.9. The number of hydrogen-bond acceptors (Lipinski definition) is 3. The number of fused-ring (bicyclic) bond motifs is 1. The summed E-state index contributed by atoms with van der Waals surface area (Å²) < 4.78 is 1.27. The van der Waals surface area contributed by atoms with Crippen LogP contribution in [0.15, 0.2) is 11.0 Å². The minimum absolute atomic E-state index is 0.170. The monoisotopic (exact) mass is 241 g/mol. The van der Waals surface area contributed by atoms with Crippen molar-refractivity contribution in [3.63, 3.8) is 0 Å². The lowest BCUT2D eigenvalue weighted by atomic mass is 8.76. The van der Waals surface area contributed by atoms with Gasteiger partial charge < -0.3 is 4.98 Å². The van der Waals surface area contributed by atoms with Gasteiger partial charge >= 0.3 is 0 Å². The van der Waals surface area contributed by atoms with Crippen molar-refractivity contribution in [2.45, 2.75) is 6.92 Å². The second-order valence-corrected chi connectivity index (χ2v) is 4.00. The van der Waals surface area contributed by atoms with Crippen LogP contribution in [0.2, 0.25) is 0 Å². The fraction of sp³-hybridized carbons (Fsp3) is 0.286. The molecule has 9 radical (unpaired) electrons.